The molecule has 43 heavy (non-hydrogen) atoms. The number of esters is 1. The van der Waals surface area contributed by atoms with Crippen molar-refractivity contribution in [1.29, 1.82) is 0 Å². The molecule has 0 spiro atoms. The molecule has 0 radical (unpaired) electrons. The van der Waals surface area contributed by atoms with Gasteiger partial charge in [-0.1, -0.05) is 90.2 Å². The normalized spacial score (nSPS) is 11.2. The van der Waals surface area contributed by atoms with E-state index in [1.807, 2.05) is 12.1 Å². The first-order valence-electron chi connectivity index (χ1n) is 17.0. The summed E-state index contributed by atoms with van der Waals surface area (Å²) in [4.78, 5) is 11.7. The highest BCUT2D eigenvalue weighted by Gasteiger charge is 2.03. The molecule has 0 fully saturated rings. The van der Waals surface area contributed by atoms with Gasteiger partial charge in [0.1, 0.15) is 19.0 Å². The summed E-state index contributed by atoms with van der Waals surface area (Å²) in [5.41, 5.74) is 1.38. The van der Waals surface area contributed by atoms with Gasteiger partial charge in [0, 0.05) is 6.42 Å². The molecule has 1 aromatic carbocycles. The summed E-state index contributed by atoms with van der Waals surface area (Å²) in [6, 6.07) is 8.43. The molecule has 0 unspecified atom stereocenters. The fraction of sp³-hybridized carbons (Fsp3) is 0.800. The molecule has 0 atom stereocenters. The number of aryl methyl sites for hydroxylation is 1. The van der Waals surface area contributed by atoms with Gasteiger partial charge in [0.05, 0.1) is 66.1 Å². The van der Waals surface area contributed by atoms with Crippen LogP contribution in [-0.2, 0) is 39.6 Å². The summed E-state index contributed by atoms with van der Waals surface area (Å²) in [6.07, 6.45) is 16.6. The zero-order valence-corrected chi connectivity index (χ0v) is 27.5. The number of carbonyl (C=O) groups is 1. The monoisotopic (exact) mass is 610 g/mol. The highest BCUT2D eigenvalue weighted by atomic mass is 16.6. The third-order valence-electron chi connectivity index (χ3n) is 6.95. The minimum Gasteiger partial charge on any atom is -0.491 e. The molecule has 0 bridgehead atoms. The van der Waals surface area contributed by atoms with Gasteiger partial charge in [-0.25, -0.2) is 0 Å². The van der Waals surface area contributed by atoms with E-state index < -0.39 is 0 Å². The standard InChI is InChI=1S/C35H62O8/c1-3-5-7-9-11-13-15-33-17-19-34(20-18-33)42-31-29-40-27-25-38-23-21-37-22-24-39-26-28-41-30-32-43-35(36)16-14-12-10-8-6-4-2/h17-20H,3-16,21-32H2,1-2H3. The summed E-state index contributed by atoms with van der Waals surface area (Å²) in [7, 11) is 0. The van der Waals surface area contributed by atoms with Crippen LogP contribution in [0.15, 0.2) is 24.3 Å². The Bertz CT molecular complexity index is 712. The topological polar surface area (TPSA) is 81.7 Å². The van der Waals surface area contributed by atoms with Crippen molar-refractivity contribution in [3.63, 3.8) is 0 Å². The van der Waals surface area contributed by atoms with Crippen LogP contribution in [0.5, 0.6) is 5.75 Å². The van der Waals surface area contributed by atoms with Crippen LogP contribution in [0.4, 0.5) is 0 Å². The fourth-order valence-electron chi connectivity index (χ4n) is 4.40. The number of unbranched alkanes of at least 4 members (excludes halogenated alkanes) is 10. The van der Waals surface area contributed by atoms with Gasteiger partial charge in [-0.05, 0) is 37.0 Å². The van der Waals surface area contributed by atoms with Gasteiger partial charge in [0.15, 0.2) is 0 Å². The highest BCUT2D eigenvalue weighted by Crippen LogP contribution is 2.15. The molecule has 250 valence electrons. The van der Waals surface area contributed by atoms with E-state index in [4.69, 9.17) is 33.2 Å². The predicted octanol–water partition coefficient (Wildman–Crippen LogP) is 7.35. The molecule has 0 heterocycles. The Balaban J connectivity index is 1.76. The number of ether oxygens (including phenoxy) is 7. The quantitative estimate of drug-likeness (QED) is 0.0604. The van der Waals surface area contributed by atoms with E-state index in [9.17, 15) is 4.79 Å². The smallest absolute Gasteiger partial charge is 0.305 e. The van der Waals surface area contributed by atoms with Crippen molar-refractivity contribution in [2.75, 3.05) is 79.3 Å². The Morgan fingerprint density at radius 3 is 1.42 bits per heavy atom. The third-order valence-corrected chi connectivity index (χ3v) is 6.95. The average Bonchev–Trinajstić information content (AvgIpc) is 3.02. The van der Waals surface area contributed by atoms with Crippen molar-refractivity contribution in [2.24, 2.45) is 0 Å². The highest BCUT2D eigenvalue weighted by molar-refractivity contribution is 5.69. The van der Waals surface area contributed by atoms with Gasteiger partial charge in [-0.2, -0.15) is 0 Å². The average molecular weight is 611 g/mol. The van der Waals surface area contributed by atoms with Gasteiger partial charge in [0.2, 0.25) is 0 Å². The van der Waals surface area contributed by atoms with Crippen LogP contribution < -0.4 is 4.74 Å². The van der Waals surface area contributed by atoms with Crippen LogP contribution in [0.1, 0.15) is 103 Å². The van der Waals surface area contributed by atoms with Gasteiger partial charge in [0.25, 0.3) is 0 Å². The van der Waals surface area contributed by atoms with Gasteiger partial charge in [-0.15, -0.1) is 0 Å². The zero-order valence-electron chi connectivity index (χ0n) is 27.5. The van der Waals surface area contributed by atoms with E-state index in [2.05, 4.69) is 26.0 Å². The predicted molar refractivity (Wildman–Crippen MR) is 172 cm³/mol. The molecule has 8 nitrogen and oxygen atoms in total. The second kappa shape index (κ2) is 31.7. The lowest BCUT2D eigenvalue weighted by Crippen LogP contribution is -2.15. The summed E-state index contributed by atoms with van der Waals surface area (Å²) >= 11 is 0. The second-order valence-electron chi connectivity index (χ2n) is 10.8. The second-order valence-corrected chi connectivity index (χ2v) is 10.8. The van der Waals surface area contributed by atoms with Gasteiger partial charge < -0.3 is 33.2 Å². The first-order valence-corrected chi connectivity index (χ1v) is 17.0. The summed E-state index contributed by atoms with van der Waals surface area (Å²) < 4.78 is 38.4. The molecule has 0 aromatic heterocycles. The van der Waals surface area contributed by atoms with Crippen LogP contribution in [-0.4, -0.2) is 85.3 Å². The van der Waals surface area contributed by atoms with Crippen molar-refractivity contribution >= 4 is 5.97 Å². The van der Waals surface area contributed by atoms with Crippen LogP contribution in [0, 0.1) is 0 Å². The van der Waals surface area contributed by atoms with E-state index in [1.54, 1.807) is 0 Å². The van der Waals surface area contributed by atoms with Crippen LogP contribution in [0.2, 0.25) is 0 Å². The van der Waals surface area contributed by atoms with Crippen LogP contribution in [0.3, 0.4) is 0 Å². The maximum absolute atomic E-state index is 11.7. The van der Waals surface area contributed by atoms with Gasteiger partial charge in [-0.3, -0.25) is 4.79 Å². The molecule has 0 aliphatic rings. The Morgan fingerprint density at radius 2 is 0.907 bits per heavy atom. The fourth-order valence-corrected chi connectivity index (χ4v) is 4.40. The third kappa shape index (κ3) is 27.6. The van der Waals surface area contributed by atoms with E-state index in [0.29, 0.717) is 85.7 Å². The summed E-state index contributed by atoms with van der Waals surface area (Å²) in [5, 5.41) is 0. The molecule has 0 aliphatic heterocycles. The van der Waals surface area contributed by atoms with E-state index in [-0.39, 0.29) is 5.97 Å². The Labute approximate surface area is 262 Å². The van der Waals surface area contributed by atoms with Crippen molar-refractivity contribution in [3.05, 3.63) is 29.8 Å². The Hall–Kier alpha value is -1.71. The molecular weight excluding hydrogens is 548 g/mol. The van der Waals surface area contributed by atoms with Gasteiger partial charge >= 0.3 is 5.97 Å². The minimum atomic E-state index is -0.135. The molecule has 1 aromatic rings. The molecule has 0 saturated heterocycles. The van der Waals surface area contributed by atoms with Crippen molar-refractivity contribution in [3.8, 4) is 5.75 Å². The van der Waals surface area contributed by atoms with Crippen molar-refractivity contribution in [1.82, 2.24) is 0 Å². The molecule has 0 saturated carbocycles. The number of carbonyl (C=O) groups excluding carboxylic acids is 1. The summed E-state index contributed by atoms with van der Waals surface area (Å²) in [5.74, 6) is 0.751. The molecule has 8 heteroatoms. The van der Waals surface area contributed by atoms with E-state index >= 15 is 0 Å². The zero-order chi connectivity index (χ0) is 30.9. The number of hydrogen-bond acceptors (Lipinski definition) is 8. The largest absolute Gasteiger partial charge is 0.491 e. The number of benzene rings is 1. The Morgan fingerprint density at radius 1 is 0.488 bits per heavy atom. The molecule has 1 rings (SSSR count). The van der Waals surface area contributed by atoms with Crippen LogP contribution >= 0.6 is 0 Å². The molecule has 0 N–H and O–H groups in total. The maximum Gasteiger partial charge on any atom is 0.305 e. The first kappa shape index (κ1) is 39.3. The number of rotatable bonds is 33. The van der Waals surface area contributed by atoms with E-state index in [1.165, 1.54) is 69.8 Å². The van der Waals surface area contributed by atoms with Crippen molar-refractivity contribution in [2.45, 2.75) is 104 Å². The SMILES string of the molecule is CCCCCCCCC(=O)OCCOCCOCCOCCOCCOCCOc1ccc(CCCCCCCC)cc1. The summed E-state index contributed by atoms with van der Waals surface area (Å²) in [6.45, 7) is 10.3. The lowest BCUT2D eigenvalue weighted by atomic mass is 10.0. The lowest BCUT2D eigenvalue weighted by molar-refractivity contribution is -0.145. The Kier molecular flexibility index (Phi) is 29.0. The molecule has 0 amide bonds. The van der Waals surface area contributed by atoms with Crippen molar-refractivity contribution < 1.29 is 38.0 Å². The van der Waals surface area contributed by atoms with E-state index in [0.717, 1.165) is 25.0 Å². The molecule has 0 aliphatic carbocycles. The minimum absolute atomic E-state index is 0.135. The molecular formula is C35H62O8. The maximum atomic E-state index is 11.7. The lowest BCUT2D eigenvalue weighted by Gasteiger charge is -2.09. The number of hydrogen-bond donors (Lipinski definition) is 0. The van der Waals surface area contributed by atoms with Crippen LogP contribution in [0.25, 0.3) is 0 Å². The first-order chi connectivity index (χ1) is 21.3.